The van der Waals surface area contributed by atoms with Crippen LogP contribution in [-0.2, 0) is 4.79 Å². The highest BCUT2D eigenvalue weighted by molar-refractivity contribution is 5.79. The summed E-state index contributed by atoms with van der Waals surface area (Å²) in [5.41, 5.74) is 0. The van der Waals surface area contributed by atoms with Crippen molar-refractivity contribution in [3.63, 3.8) is 0 Å². The van der Waals surface area contributed by atoms with Gasteiger partial charge in [0.2, 0.25) is 0 Å². The number of nitriles is 1. The van der Waals surface area contributed by atoms with Crippen LogP contribution in [0.4, 0.5) is 4.79 Å². The first-order chi connectivity index (χ1) is 6.49. The lowest BCUT2D eigenvalue weighted by molar-refractivity contribution is -0.137. The SMILES string of the molecule is CN(C)C(=O)N(CCC#N)CC(=O)O. The topological polar surface area (TPSA) is 84.6 Å². The molecule has 0 saturated heterocycles. The first-order valence-corrected chi connectivity index (χ1v) is 4.04. The summed E-state index contributed by atoms with van der Waals surface area (Å²) in [6, 6.07) is 1.46. The molecule has 6 nitrogen and oxygen atoms in total. The van der Waals surface area contributed by atoms with Crippen LogP contribution in [0.2, 0.25) is 0 Å². The number of aliphatic carboxylic acids is 1. The zero-order chi connectivity index (χ0) is 11.1. The summed E-state index contributed by atoms with van der Waals surface area (Å²) < 4.78 is 0. The molecule has 14 heavy (non-hydrogen) atoms. The van der Waals surface area contributed by atoms with Gasteiger partial charge >= 0.3 is 12.0 Å². The maximum absolute atomic E-state index is 11.4. The van der Waals surface area contributed by atoms with E-state index in [1.807, 2.05) is 6.07 Å². The highest BCUT2D eigenvalue weighted by Crippen LogP contribution is 1.96. The lowest BCUT2D eigenvalue weighted by Gasteiger charge is -2.23. The number of carbonyl (C=O) groups is 2. The monoisotopic (exact) mass is 199 g/mol. The second kappa shape index (κ2) is 5.80. The van der Waals surface area contributed by atoms with E-state index in [1.165, 1.54) is 19.0 Å². The van der Waals surface area contributed by atoms with Gasteiger partial charge in [-0.05, 0) is 0 Å². The molecule has 1 N–H and O–H groups in total. The highest BCUT2D eigenvalue weighted by atomic mass is 16.4. The second-order valence-corrected chi connectivity index (χ2v) is 2.90. The Kier molecular flexibility index (Phi) is 5.07. The van der Waals surface area contributed by atoms with Gasteiger partial charge in [-0.1, -0.05) is 0 Å². The number of hydrogen-bond donors (Lipinski definition) is 1. The molecule has 0 atom stereocenters. The van der Waals surface area contributed by atoms with E-state index < -0.39 is 12.0 Å². The van der Waals surface area contributed by atoms with E-state index in [1.54, 1.807) is 0 Å². The maximum atomic E-state index is 11.4. The van der Waals surface area contributed by atoms with Crippen LogP contribution in [0.1, 0.15) is 6.42 Å². The molecular formula is C8H13N3O3. The van der Waals surface area contributed by atoms with Crippen molar-refractivity contribution in [2.24, 2.45) is 0 Å². The van der Waals surface area contributed by atoms with Crippen LogP contribution in [0.3, 0.4) is 0 Å². The van der Waals surface area contributed by atoms with Crippen molar-refractivity contribution in [2.75, 3.05) is 27.2 Å². The number of amides is 2. The van der Waals surface area contributed by atoms with Gasteiger partial charge in [-0.2, -0.15) is 5.26 Å². The molecule has 0 saturated carbocycles. The van der Waals surface area contributed by atoms with Gasteiger partial charge in [-0.25, -0.2) is 4.79 Å². The van der Waals surface area contributed by atoms with Crippen LogP contribution in [0.15, 0.2) is 0 Å². The van der Waals surface area contributed by atoms with E-state index in [0.29, 0.717) is 0 Å². The minimum Gasteiger partial charge on any atom is -0.480 e. The van der Waals surface area contributed by atoms with Crippen molar-refractivity contribution < 1.29 is 14.7 Å². The van der Waals surface area contributed by atoms with Crippen molar-refractivity contribution in [3.05, 3.63) is 0 Å². The van der Waals surface area contributed by atoms with E-state index in [0.717, 1.165) is 4.90 Å². The summed E-state index contributed by atoms with van der Waals surface area (Å²) in [5, 5.41) is 16.8. The Morgan fingerprint density at radius 2 is 2.00 bits per heavy atom. The fourth-order valence-electron chi connectivity index (χ4n) is 0.873. The molecule has 0 heterocycles. The first-order valence-electron chi connectivity index (χ1n) is 4.04. The Labute approximate surface area is 82.3 Å². The lowest BCUT2D eigenvalue weighted by Crippen LogP contribution is -2.42. The fraction of sp³-hybridized carbons (Fsp3) is 0.625. The maximum Gasteiger partial charge on any atom is 0.323 e. The zero-order valence-corrected chi connectivity index (χ0v) is 8.23. The molecule has 2 amide bonds. The Bertz CT molecular complexity index is 257. The fourth-order valence-corrected chi connectivity index (χ4v) is 0.873. The number of carboxylic acids is 1. The van der Waals surface area contributed by atoms with Gasteiger partial charge in [-0.15, -0.1) is 0 Å². The van der Waals surface area contributed by atoms with Crippen molar-refractivity contribution in [2.45, 2.75) is 6.42 Å². The van der Waals surface area contributed by atoms with Crippen LogP contribution in [0.25, 0.3) is 0 Å². The second-order valence-electron chi connectivity index (χ2n) is 2.90. The Morgan fingerprint density at radius 1 is 1.43 bits per heavy atom. The molecule has 0 rings (SSSR count). The van der Waals surface area contributed by atoms with Crippen LogP contribution in [0.5, 0.6) is 0 Å². The van der Waals surface area contributed by atoms with Crippen molar-refractivity contribution in [1.29, 1.82) is 5.26 Å². The van der Waals surface area contributed by atoms with Gasteiger partial charge in [0.15, 0.2) is 0 Å². The van der Waals surface area contributed by atoms with Gasteiger partial charge in [0.05, 0.1) is 12.5 Å². The van der Waals surface area contributed by atoms with Crippen molar-refractivity contribution >= 4 is 12.0 Å². The van der Waals surface area contributed by atoms with E-state index in [4.69, 9.17) is 10.4 Å². The summed E-state index contributed by atoms with van der Waals surface area (Å²) in [6.07, 6.45) is 0.132. The van der Waals surface area contributed by atoms with E-state index in [-0.39, 0.29) is 19.5 Å². The van der Waals surface area contributed by atoms with Gasteiger partial charge in [0.1, 0.15) is 6.54 Å². The van der Waals surface area contributed by atoms with Crippen molar-refractivity contribution in [1.82, 2.24) is 9.80 Å². The van der Waals surface area contributed by atoms with Crippen molar-refractivity contribution in [3.8, 4) is 6.07 Å². The summed E-state index contributed by atoms with van der Waals surface area (Å²) in [6.45, 7) is -0.238. The normalized spacial score (nSPS) is 8.93. The van der Waals surface area contributed by atoms with Gasteiger partial charge in [0.25, 0.3) is 0 Å². The highest BCUT2D eigenvalue weighted by Gasteiger charge is 2.17. The van der Waals surface area contributed by atoms with E-state index in [2.05, 4.69) is 0 Å². The lowest BCUT2D eigenvalue weighted by atomic mass is 10.4. The molecule has 0 fully saturated rings. The standard InChI is InChI=1S/C8H13N3O3/c1-10(2)8(14)11(5-3-4-9)6-7(12)13/h3,5-6H2,1-2H3,(H,12,13). The average molecular weight is 199 g/mol. The predicted octanol–water partition coefficient (Wildman–Crippen LogP) is -0.0317. The quantitative estimate of drug-likeness (QED) is 0.688. The number of nitrogens with zero attached hydrogens (tertiary/aromatic N) is 3. The molecule has 0 bridgehead atoms. The summed E-state index contributed by atoms with van der Waals surface area (Å²) in [4.78, 5) is 24.2. The third-order valence-electron chi connectivity index (χ3n) is 1.47. The Hall–Kier alpha value is -1.77. The zero-order valence-electron chi connectivity index (χ0n) is 8.23. The molecule has 0 spiro atoms. The Morgan fingerprint density at radius 3 is 2.36 bits per heavy atom. The largest absolute Gasteiger partial charge is 0.480 e. The molecule has 78 valence electrons. The molecule has 0 aromatic rings. The van der Waals surface area contributed by atoms with E-state index in [9.17, 15) is 9.59 Å². The summed E-state index contributed by atoms with van der Waals surface area (Å²) in [7, 11) is 3.06. The number of rotatable bonds is 4. The number of carboxylic acid groups (broad SMARTS) is 1. The average Bonchev–Trinajstić information content (AvgIpc) is 2.10. The summed E-state index contributed by atoms with van der Waals surface area (Å²) in [5.74, 6) is -1.09. The third-order valence-corrected chi connectivity index (χ3v) is 1.47. The molecule has 0 aliphatic carbocycles. The van der Waals surface area contributed by atoms with Gasteiger partial charge < -0.3 is 14.9 Å². The minimum atomic E-state index is -1.09. The molecule has 0 radical (unpaired) electrons. The van der Waals surface area contributed by atoms with Crippen LogP contribution in [-0.4, -0.2) is 54.1 Å². The molecule has 6 heteroatoms. The number of hydrogen-bond acceptors (Lipinski definition) is 3. The molecular weight excluding hydrogens is 186 g/mol. The molecule has 0 aliphatic heterocycles. The third kappa shape index (κ3) is 4.30. The molecule has 0 aliphatic rings. The predicted molar refractivity (Wildman–Crippen MR) is 48.5 cm³/mol. The minimum absolute atomic E-state index is 0.132. The smallest absolute Gasteiger partial charge is 0.323 e. The molecule has 0 unspecified atom stereocenters. The van der Waals surface area contributed by atoms with Crippen LogP contribution in [0, 0.1) is 11.3 Å². The Balaban J connectivity index is 4.31. The number of carbonyl (C=O) groups excluding carboxylic acids is 1. The molecule has 0 aromatic heterocycles. The first kappa shape index (κ1) is 12.2. The van der Waals surface area contributed by atoms with E-state index >= 15 is 0 Å². The van der Waals surface area contributed by atoms with Gasteiger partial charge in [-0.3, -0.25) is 4.79 Å². The van der Waals surface area contributed by atoms with Gasteiger partial charge in [0, 0.05) is 20.6 Å². The number of urea groups is 1. The van der Waals surface area contributed by atoms with Crippen LogP contribution < -0.4 is 0 Å². The summed E-state index contributed by atoms with van der Waals surface area (Å²) >= 11 is 0. The molecule has 0 aromatic carbocycles. The van der Waals surface area contributed by atoms with Crippen LogP contribution >= 0.6 is 0 Å².